The van der Waals surface area contributed by atoms with Crippen LogP contribution >= 0.6 is 0 Å². The van der Waals surface area contributed by atoms with Crippen LogP contribution in [0.25, 0.3) is 11.0 Å². The summed E-state index contributed by atoms with van der Waals surface area (Å²) < 4.78 is 8.09. The highest BCUT2D eigenvalue weighted by atomic mass is 16.5. The second kappa shape index (κ2) is 7.43. The summed E-state index contributed by atoms with van der Waals surface area (Å²) in [6.45, 7) is 5.27. The molecular weight excluding hydrogens is 338 g/mol. The molecule has 5 nitrogen and oxygen atoms in total. The monoisotopic (exact) mass is 363 g/mol. The average molecular weight is 363 g/mol. The van der Waals surface area contributed by atoms with Gasteiger partial charge in [0.2, 0.25) is 5.91 Å². The van der Waals surface area contributed by atoms with Crippen LogP contribution in [0.15, 0.2) is 48.5 Å². The molecule has 1 unspecified atom stereocenters. The SMILES string of the molecule is Cc1cccc(OCCn2c(C(C)NC(=O)C3CC3)nc3ccccc32)c1. The number of imidazole rings is 1. The molecule has 0 radical (unpaired) electrons. The standard InChI is InChI=1S/C22H25N3O2/c1-15-6-5-7-18(14-15)27-13-12-25-20-9-4-3-8-19(20)24-21(25)16(2)23-22(26)17-10-11-17/h3-9,14,16-17H,10-13H2,1-2H3,(H,23,26). The van der Waals surface area contributed by atoms with Crippen LogP contribution < -0.4 is 10.1 Å². The Hall–Kier alpha value is -2.82. The largest absolute Gasteiger partial charge is 0.492 e. The van der Waals surface area contributed by atoms with Gasteiger partial charge in [-0.05, 0) is 56.5 Å². The molecule has 1 N–H and O–H groups in total. The zero-order valence-corrected chi connectivity index (χ0v) is 15.8. The molecule has 1 amide bonds. The van der Waals surface area contributed by atoms with Crippen molar-refractivity contribution in [2.75, 3.05) is 6.61 Å². The quantitative estimate of drug-likeness (QED) is 0.690. The normalized spacial score (nSPS) is 14.9. The molecule has 1 aliphatic rings. The van der Waals surface area contributed by atoms with Crippen molar-refractivity contribution < 1.29 is 9.53 Å². The molecule has 4 rings (SSSR count). The fourth-order valence-electron chi connectivity index (χ4n) is 3.36. The first-order valence-electron chi connectivity index (χ1n) is 9.57. The van der Waals surface area contributed by atoms with Crippen LogP contribution in [0.1, 0.15) is 37.2 Å². The van der Waals surface area contributed by atoms with Gasteiger partial charge in [0, 0.05) is 5.92 Å². The lowest BCUT2D eigenvalue weighted by Gasteiger charge is -2.16. The number of hydrogen-bond donors (Lipinski definition) is 1. The first-order valence-corrected chi connectivity index (χ1v) is 9.57. The number of nitrogens with zero attached hydrogens (tertiary/aromatic N) is 2. The van der Waals surface area contributed by atoms with Crippen LogP contribution in [0.5, 0.6) is 5.75 Å². The summed E-state index contributed by atoms with van der Waals surface area (Å²) in [6.07, 6.45) is 2.00. The van der Waals surface area contributed by atoms with Gasteiger partial charge in [0.05, 0.1) is 23.6 Å². The predicted molar refractivity (Wildman–Crippen MR) is 106 cm³/mol. The van der Waals surface area contributed by atoms with Gasteiger partial charge in [-0.2, -0.15) is 0 Å². The first kappa shape index (κ1) is 17.6. The second-order valence-electron chi connectivity index (χ2n) is 7.28. The Bertz CT molecular complexity index is 959. The number of hydrogen-bond acceptors (Lipinski definition) is 3. The zero-order chi connectivity index (χ0) is 18.8. The fraction of sp³-hybridized carbons (Fsp3) is 0.364. The molecule has 1 saturated carbocycles. The molecule has 5 heteroatoms. The predicted octanol–water partition coefficient (Wildman–Crippen LogP) is 4.01. The molecule has 0 spiro atoms. The van der Waals surface area contributed by atoms with E-state index in [0.29, 0.717) is 13.2 Å². The molecule has 0 aliphatic heterocycles. The Kier molecular flexibility index (Phi) is 4.84. The Labute approximate surface area is 159 Å². The van der Waals surface area contributed by atoms with Crippen molar-refractivity contribution in [2.45, 2.75) is 39.3 Å². The minimum atomic E-state index is -0.135. The number of aromatic nitrogens is 2. The third-order valence-electron chi connectivity index (χ3n) is 4.95. The van der Waals surface area contributed by atoms with Gasteiger partial charge in [0.15, 0.2) is 0 Å². The van der Waals surface area contributed by atoms with E-state index in [-0.39, 0.29) is 17.9 Å². The van der Waals surface area contributed by atoms with E-state index in [1.807, 2.05) is 43.3 Å². The zero-order valence-electron chi connectivity index (χ0n) is 15.8. The molecule has 1 heterocycles. The lowest BCUT2D eigenvalue weighted by Crippen LogP contribution is -2.30. The number of ether oxygens (including phenoxy) is 1. The summed E-state index contributed by atoms with van der Waals surface area (Å²) >= 11 is 0. The topological polar surface area (TPSA) is 56.1 Å². The van der Waals surface area contributed by atoms with Crippen molar-refractivity contribution in [1.82, 2.24) is 14.9 Å². The van der Waals surface area contributed by atoms with Crippen molar-refractivity contribution in [3.05, 3.63) is 59.9 Å². The van der Waals surface area contributed by atoms with E-state index in [1.54, 1.807) is 0 Å². The number of benzene rings is 2. The number of rotatable bonds is 7. The van der Waals surface area contributed by atoms with E-state index < -0.39 is 0 Å². The van der Waals surface area contributed by atoms with Gasteiger partial charge in [0.1, 0.15) is 18.2 Å². The van der Waals surface area contributed by atoms with Crippen LogP contribution in [0.4, 0.5) is 0 Å². The van der Waals surface area contributed by atoms with Gasteiger partial charge in [0.25, 0.3) is 0 Å². The van der Waals surface area contributed by atoms with Crippen LogP contribution in [0, 0.1) is 12.8 Å². The van der Waals surface area contributed by atoms with E-state index in [0.717, 1.165) is 35.4 Å². The molecule has 3 aromatic rings. The van der Waals surface area contributed by atoms with E-state index in [9.17, 15) is 4.79 Å². The van der Waals surface area contributed by atoms with Gasteiger partial charge in [-0.3, -0.25) is 4.79 Å². The van der Waals surface area contributed by atoms with E-state index in [1.165, 1.54) is 5.56 Å². The van der Waals surface area contributed by atoms with Crippen LogP contribution in [0.2, 0.25) is 0 Å². The highest BCUT2D eigenvalue weighted by molar-refractivity contribution is 5.81. The van der Waals surface area contributed by atoms with Crippen LogP contribution in [0.3, 0.4) is 0 Å². The van der Waals surface area contributed by atoms with Crippen molar-refractivity contribution in [3.8, 4) is 5.75 Å². The fourth-order valence-corrected chi connectivity index (χ4v) is 3.36. The summed E-state index contributed by atoms with van der Waals surface area (Å²) in [5.41, 5.74) is 3.18. The minimum absolute atomic E-state index is 0.135. The third-order valence-corrected chi connectivity index (χ3v) is 4.95. The summed E-state index contributed by atoms with van der Waals surface area (Å²) in [7, 11) is 0. The summed E-state index contributed by atoms with van der Waals surface area (Å²) in [4.78, 5) is 17.0. The molecule has 1 aromatic heterocycles. The molecule has 1 fully saturated rings. The Morgan fingerprint density at radius 2 is 2.07 bits per heavy atom. The average Bonchev–Trinajstić information content (AvgIpc) is 3.44. The molecular formula is C22H25N3O2. The maximum Gasteiger partial charge on any atom is 0.223 e. The third kappa shape index (κ3) is 3.97. The van der Waals surface area contributed by atoms with Crippen molar-refractivity contribution in [1.29, 1.82) is 0 Å². The van der Waals surface area contributed by atoms with Gasteiger partial charge in [-0.15, -0.1) is 0 Å². The Balaban J connectivity index is 1.53. The van der Waals surface area contributed by atoms with Gasteiger partial charge in [-0.25, -0.2) is 4.98 Å². The van der Waals surface area contributed by atoms with E-state index >= 15 is 0 Å². The summed E-state index contributed by atoms with van der Waals surface area (Å²) in [5.74, 6) is 2.07. The van der Waals surface area contributed by atoms with Crippen LogP contribution in [-0.4, -0.2) is 22.1 Å². The first-order chi connectivity index (χ1) is 13.1. The van der Waals surface area contributed by atoms with Crippen molar-refractivity contribution in [2.24, 2.45) is 5.92 Å². The number of carbonyl (C=O) groups excluding carboxylic acids is 1. The van der Waals surface area contributed by atoms with E-state index in [2.05, 4.69) is 28.9 Å². The number of fused-ring (bicyclic) bond motifs is 1. The highest BCUT2D eigenvalue weighted by Crippen LogP contribution is 2.30. The number of amides is 1. The van der Waals surface area contributed by atoms with Gasteiger partial charge < -0.3 is 14.6 Å². The number of carbonyl (C=O) groups is 1. The molecule has 1 aliphatic carbocycles. The summed E-state index contributed by atoms with van der Waals surface area (Å²) in [6, 6.07) is 16.0. The lowest BCUT2D eigenvalue weighted by molar-refractivity contribution is -0.123. The lowest BCUT2D eigenvalue weighted by atomic mass is 10.2. The van der Waals surface area contributed by atoms with Crippen LogP contribution in [-0.2, 0) is 11.3 Å². The molecule has 1 atom stereocenters. The van der Waals surface area contributed by atoms with E-state index in [4.69, 9.17) is 9.72 Å². The van der Waals surface area contributed by atoms with Crippen molar-refractivity contribution >= 4 is 16.9 Å². The summed E-state index contributed by atoms with van der Waals surface area (Å²) in [5, 5.41) is 3.11. The minimum Gasteiger partial charge on any atom is -0.492 e. The Morgan fingerprint density at radius 3 is 2.85 bits per heavy atom. The Morgan fingerprint density at radius 1 is 1.26 bits per heavy atom. The number of para-hydroxylation sites is 2. The van der Waals surface area contributed by atoms with Gasteiger partial charge in [-0.1, -0.05) is 24.3 Å². The maximum atomic E-state index is 12.2. The smallest absolute Gasteiger partial charge is 0.223 e. The number of aryl methyl sites for hydroxylation is 1. The molecule has 2 aromatic carbocycles. The van der Waals surface area contributed by atoms with Crippen molar-refractivity contribution in [3.63, 3.8) is 0 Å². The molecule has 140 valence electrons. The maximum absolute atomic E-state index is 12.2. The molecule has 0 bridgehead atoms. The molecule has 27 heavy (non-hydrogen) atoms. The van der Waals surface area contributed by atoms with Gasteiger partial charge >= 0.3 is 0 Å². The highest BCUT2D eigenvalue weighted by Gasteiger charge is 2.31. The molecule has 0 saturated heterocycles. The second-order valence-corrected chi connectivity index (χ2v) is 7.28. The number of nitrogens with one attached hydrogen (secondary N) is 1.